The Balaban J connectivity index is 2.91. The topological polar surface area (TPSA) is 23.6 Å². The van der Waals surface area contributed by atoms with Crippen molar-refractivity contribution in [2.75, 3.05) is 14.1 Å². The Morgan fingerprint density at radius 2 is 1.92 bits per heavy atom. The highest BCUT2D eigenvalue weighted by atomic mass is 32.1. The molecule has 1 rings (SSSR count). The van der Waals surface area contributed by atoms with Crippen molar-refractivity contribution in [1.82, 2.24) is 9.80 Å². The van der Waals surface area contributed by atoms with Gasteiger partial charge >= 0.3 is 0 Å². The highest BCUT2D eigenvalue weighted by Gasteiger charge is 2.39. The first-order valence-electron chi connectivity index (χ1n) is 4.01. The Morgan fingerprint density at radius 1 is 1.42 bits per heavy atom. The Morgan fingerprint density at radius 3 is 2.08 bits per heavy atom. The van der Waals surface area contributed by atoms with Crippen LogP contribution in [0.3, 0.4) is 0 Å². The van der Waals surface area contributed by atoms with Gasteiger partial charge in [-0.15, -0.1) is 0 Å². The van der Waals surface area contributed by atoms with Gasteiger partial charge < -0.3 is 4.90 Å². The van der Waals surface area contributed by atoms with Crippen molar-refractivity contribution >= 4 is 23.2 Å². The summed E-state index contributed by atoms with van der Waals surface area (Å²) in [6, 6.07) is -0.0671. The monoisotopic (exact) mass is 186 g/mol. The molecule has 1 heterocycles. The zero-order chi connectivity index (χ0) is 9.46. The molecule has 1 saturated heterocycles. The second-order valence-electron chi connectivity index (χ2n) is 3.48. The fraction of sp³-hybridized carbons (Fsp3) is 0.750. The highest BCUT2D eigenvalue weighted by Crippen LogP contribution is 2.20. The molecule has 0 radical (unpaired) electrons. The molecule has 0 aliphatic carbocycles. The summed E-state index contributed by atoms with van der Waals surface area (Å²) in [7, 11) is 3.60. The van der Waals surface area contributed by atoms with Gasteiger partial charge in [0.15, 0.2) is 5.11 Å². The average molecular weight is 186 g/mol. The molecule has 4 heteroatoms. The van der Waals surface area contributed by atoms with E-state index < -0.39 is 0 Å². The lowest BCUT2D eigenvalue weighted by molar-refractivity contribution is -0.128. The molecule has 68 valence electrons. The van der Waals surface area contributed by atoms with Crippen LogP contribution in [0.1, 0.15) is 13.8 Å². The third kappa shape index (κ3) is 1.20. The molecule has 0 spiro atoms. The summed E-state index contributed by atoms with van der Waals surface area (Å²) in [4.78, 5) is 15.0. The fourth-order valence-electron chi connectivity index (χ4n) is 1.55. The van der Waals surface area contributed by atoms with Crippen LogP contribution in [0.25, 0.3) is 0 Å². The molecular formula is C8H14N2OS. The van der Waals surface area contributed by atoms with Gasteiger partial charge in [-0.3, -0.25) is 9.69 Å². The summed E-state index contributed by atoms with van der Waals surface area (Å²) in [5.74, 6) is 0.419. The van der Waals surface area contributed by atoms with E-state index in [1.54, 1.807) is 11.9 Å². The largest absolute Gasteiger partial charge is 0.340 e. The van der Waals surface area contributed by atoms with Gasteiger partial charge in [-0.05, 0) is 18.1 Å². The van der Waals surface area contributed by atoms with Crippen molar-refractivity contribution in [1.29, 1.82) is 0 Å². The van der Waals surface area contributed by atoms with Crippen molar-refractivity contribution in [2.45, 2.75) is 19.9 Å². The Bertz CT molecular complexity index is 227. The number of carbonyl (C=O) groups excluding carboxylic acids is 1. The van der Waals surface area contributed by atoms with Crippen LogP contribution in [0, 0.1) is 5.92 Å². The van der Waals surface area contributed by atoms with Crippen molar-refractivity contribution in [3.63, 3.8) is 0 Å². The Hall–Kier alpha value is -0.640. The smallest absolute Gasteiger partial charge is 0.251 e. The van der Waals surface area contributed by atoms with Gasteiger partial charge in [-0.1, -0.05) is 13.8 Å². The molecule has 1 aliphatic rings. The van der Waals surface area contributed by atoms with Gasteiger partial charge in [0.05, 0.1) is 0 Å². The van der Waals surface area contributed by atoms with Crippen LogP contribution in [-0.4, -0.2) is 41.0 Å². The minimum absolute atomic E-state index is 0.0671. The normalized spacial score (nSPS) is 24.6. The Labute approximate surface area is 78.3 Å². The lowest BCUT2D eigenvalue weighted by atomic mass is 10.0. The van der Waals surface area contributed by atoms with Crippen LogP contribution in [0.5, 0.6) is 0 Å². The van der Waals surface area contributed by atoms with Crippen molar-refractivity contribution in [3.05, 3.63) is 0 Å². The van der Waals surface area contributed by atoms with E-state index in [4.69, 9.17) is 12.2 Å². The molecule has 1 atom stereocenters. The third-order valence-electron chi connectivity index (χ3n) is 2.22. The van der Waals surface area contributed by atoms with Gasteiger partial charge in [0, 0.05) is 14.1 Å². The number of nitrogens with zero attached hydrogens (tertiary/aromatic N) is 2. The first kappa shape index (κ1) is 9.45. The summed E-state index contributed by atoms with van der Waals surface area (Å²) < 4.78 is 0. The standard InChI is InChI=1S/C8H14N2OS/c1-5(2)6-7(11)10(4)8(12)9(6)3/h5-6H,1-4H3. The predicted molar refractivity (Wildman–Crippen MR) is 51.8 cm³/mol. The van der Waals surface area contributed by atoms with Gasteiger partial charge in [-0.2, -0.15) is 0 Å². The van der Waals surface area contributed by atoms with E-state index in [0.717, 1.165) is 0 Å². The number of rotatable bonds is 1. The zero-order valence-electron chi connectivity index (χ0n) is 7.87. The molecule has 1 amide bonds. The number of amides is 1. The molecule has 1 unspecified atom stereocenters. The predicted octanol–water partition coefficient (Wildman–Crippen LogP) is 0.700. The maximum absolute atomic E-state index is 11.6. The quantitative estimate of drug-likeness (QED) is 0.563. The van der Waals surface area contributed by atoms with Crippen LogP contribution in [-0.2, 0) is 4.79 Å². The summed E-state index contributed by atoms with van der Waals surface area (Å²) in [5.41, 5.74) is 0. The van der Waals surface area contributed by atoms with E-state index in [1.165, 1.54) is 0 Å². The number of hydrogen-bond acceptors (Lipinski definition) is 2. The van der Waals surface area contributed by atoms with Crippen molar-refractivity contribution in [2.24, 2.45) is 5.92 Å². The molecule has 1 fully saturated rings. The minimum atomic E-state index is -0.0671. The number of thiocarbonyl (C=S) groups is 1. The molecule has 0 aromatic heterocycles. The molecule has 1 aliphatic heterocycles. The molecular weight excluding hydrogens is 172 g/mol. The lowest BCUT2D eigenvalue weighted by Crippen LogP contribution is -2.35. The van der Waals surface area contributed by atoms with E-state index in [9.17, 15) is 4.79 Å². The second-order valence-corrected chi connectivity index (χ2v) is 3.84. The maximum atomic E-state index is 11.6. The number of hydrogen-bond donors (Lipinski definition) is 0. The molecule has 0 bridgehead atoms. The van der Waals surface area contributed by atoms with Gasteiger partial charge in [-0.25, -0.2) is 0 Å². The highest BCUT2D eigenvalue weighted by molar-refractivity contribution is 7.80. The van der Waals surface area contributed by atoms with Crippen LogP contribution >= 0.6 is 12.2 Å². The van der Waals surface area contributed by atoms with Crippen LogP contribution in [0.2, 0.25) is 0 Å². The van der Waals surface area contributed by atoms with Crippen LogP contribution in [0.4, 0.5) is 0 Å². The first-order valence-corrected chi connectivity index (χ1v) is 4.42. The zero-order valence-corrected chi connectivity index (χ0v) is 8.68. The van der Waals surface area contributed by atoms with Crippen LogP contribution < -0.4 is 0 Å². The molecule has 0 N–H and O–H groups in total. The first-order chi connectivity index (χ1) is 5.46. The summed E-state index contributed by atoms with van der Waals surface area (Å²) in [6.45, 7) is 4.06. The second kappa shape index (κ2) is 3.01. The number of carbonyl (C=O) groups is 1. The van der Waals surface area contributed by atoms with Gasteiger partial charge in [0.25, 0.3) is 5.91 Å². The molecule has 3 nitrogen and oxygen atoms in total. The van der Waals surface area contributed by atoms with E-state index in [1.807, 2.05) is 25.8 Å². The minimum Gasteiger partial charge on any atom is -0.340 e. The SMILES string of the molecule is CC(C)C1C(=O)N(C)C(=S)N1C. The van der Waals surface area contributed by atoms with Crippen LogP contribution in [0.15, 0.2) is 0 Å². The van der Waals surface area contributed by atoms with Gasteiger partial charge in [0.1, 0.15) is 6.04 Å². The molecule has 12 heavy (non-hydrogen) atoms. The Kier molecular flexibility index (Phi) is 2.37. The van der Waals surface area contributed by atoms with Crippen molar-refractivity contribution < 1.29 is 4.79 Å². The average Bonchev–Trinajstić information content (AvgIpc) is 2.16. The van der Waals surface area contributed by atoms with E-state index in [-0.39, 0.29) is 11.9 Å². The lowest BCUT2D eigenvalue weighted by Gasteiger charge is -2.20. The summed E-state index contributed by atoms with van der Waals surface area (Å²) in [5, 5.41) is 0.624. The summed E-state index contributed by atoms with van der Waals surface area (Å²) >= 11 is 5.07. The van der Waals surface area contributed by atoms with E-state index in [0.29, 0.717) is 11.0 Å². The molecule has 0 aromatic carbocycles. The summed E-state index contributed by atoms with van der Waals surface area (Å²) in [6.07, 6.45) is 0. The van der Waals surface area contributed by atoms with E-state index >= 15 is 0 Å². The fourth-order valence-corrected chi connectivity index (χ4v) is 1.75. The number of likely N-dealkylation sites (N-methyl/N-ethyl adjacent to an activating group) is 2. The molecule has 0 saturated carbocycles. The van der Waals surface area contributed by atoms with Crippen molar-refractivity contribution in [3.8, 4) is 0 Å². The van der Waals surface area contributed by atoms with Gasteiger partial charge in [0.2, 0.25) is 0 Å². The maximum Gasteiger partial charge on any atom is 0.251 e. The molecule has 0 aromatic rings. The van der Waals surface area contributed by atoms with E-state index in [2.05, 4.69) is 0 Å². The third-order valence-corrected chi connectivity index (χ3v) is 2.78.